The van der Waals surface area contributed by atoms with Crippen molar-refractivity contribution in [1.82, 2.24) is 15.3 Å². The molecule has 0 spiro atoms. The lowest BCUT2D eigenvalue weighted by molar-refractivity contribution is 0.352. The van der Waals surface area contributed by atoms with Crippen molar-refractivity contribution in [3.63, 3.8) is 0 Å². The Hall–Kier alpha value is -3.06. The number of fused-ring (bicyclic) bond motifs is 1. The first-order valence-corrected chi connectivity index (χ1v) is 13.4. The molecule has 37 heavy (non-hydrogen) atoms. The Bertz CT molecular complexity index is 1370. The molecular formula is C29H31Cl2N5O. The summed E-state index contributed by atoms with van der Waals surface area (Å²) >= 11 is 12.1. The molecule has 5 rings (SSSR count). The summed E-state index contributed by atoms with van der Waals surface area (Å²) in [6.45, 7) is 0.793. The molecule has 8 heteroatoms. The fraction of sp³-hybridized carbons (Fsp3) is 0.310. The predicted molar refractivity (Wildman–Crippen MR) is 153 cm³/mol. The predicted octanol–water partition coefficient (Wildman–Crippen LogP) is 7.31. The first kappa shape index (κ1) is 25.6. The average molecular weight is 537 g/mol. The molecule has 0 saturated heterocycles. The highest BCUT2D eigenvalue weighted by Crippen LogP contribution is 2.30. The Morgan fingerprint density at radius 2 is 1.59 bits per heavy atom. The molecule has 0 aliphatic heterocycles. The lowest BCUT2D eigenvalue weighted by atomic mass is 9.91. The van der Waals surface area contributed by atoms with E-state index in [1.54, 1.807) is 12.1 Å². The molecule has 4 aromatic rings. The Morgan fingerprint density at radius 1 is 0.838 bits per heavy atom. The Labute approximate surface area is 228 Å². The molecule has 1 fully saturated rings. The summed E-state index contributed by atoms with van der Waals surface area (Å²) < 4.78 is 5.97. The summed E-state index contributed by atoms with van der Waals surface area (Å²) in [5, 5.41) is 9.37. The van der Waals surface area contributed by atoms with Gasteiger partial charge in [0.15, 0.2) is 0 Å². The first-order chi connectivity index (χ1) is 17.9. The van der Waals surface area contributed by atoms with E-state index < -0.39 is 0 Å². The molecule has 1 heterocycles. The third-order valence-electron chi connectivity index (χ3n) is 6.69. The summed E-state index contributed by atoms with van der Waals surface area (Å²) in [7, 11) is 4.04. The molecule has 0 atom stereocenters. The molecule has 1 saturated carbocycles. The van der Waals surface area contributed by atoms with Crippen LogP contribution in [0.1, 0.15) is 31.2 Å². The normalized spacial score (nSPS) is 17.5. The number of para-hydroxylation sites is 1. The van der Waals surface area contributed by atoms with Gasteiger partial charge in [-0.2, -0.15) is 4.98 Å². The zero-order valence-electron chi connectivity index (χ0n) is 21.0. The van der Waals surface area contributed by atoms with Crippen LogP contribution < -0.4 is 20.3 Å². The van der Waals surface area contributed by atoms with Gasteiger partial charge in [0.1, 0.15) is 17.3 Å². The minimum atomic E-state index is 0.372. The van der Waals surface area contributed by atoms with Crippen LogP contribution in [0.25, 0.3) is 10.9 Å². The van der Waals surface area contributed by atoms with Crippen LogP contribution in [0.3, 0.4) is 0 Å². The van der Waals surface area contributed by atoms with Crippen LogP contribution in [0.5, 0.6) is 11.5 Å². The Kier molecular flexibility index (Phi) is 7.99. The summed E-state index contributed by atoms with van der Waals surface area (Å²) in [6.07, 6.45) is 4.35. The van der Waals surface area contributed by atoms with E-state index in [-0.39, 0.29) is 0 Å². The van der Waals surface area contributed by atoms with Crippen molar-refractivity contribution in [2.24, 2.45) is 0 Å². The molecule has 1 aliphatic carbocycles. The number of aromatic nitrogens is 2. The molecule has 2 N–H and O–H groups in total. The number of benzene rings is 3. The number of nitrogens with zero attached hydrogens (tertiary/aromatic N) is 3. The highest BCUT2D eigenvalue weighted by Gasteiger charge is 2.22. The summed E-state index contributed by atoms with van der Waals surface area (Å²) in [4.78, 5) is 11.6. The summed E-state index contributed by atoms with van der Waals surface area (Å²) in [5.41, 5.74) is 2.14. The van der Waals surface area contributed by atoms with Gasteiger partial charge in [-0.1, -0.05) is 47.5 Å². The van der Waals surface area contributed by atoms with Crippen LogP contribution in [0, 0.1) is 0 Å². The van der Waals surface area contributed by atoms with E-state index >= 15 is 0 Å². The molecule has 0 radical (unpaired) electrons. The molecule has 3 aromatic carbocycles. The second kappa shape index (κ2) is 11.5. The highest BCUT2D eigenvalue weighted by atomic mass is 35.5. The van der Waals surface area contributed by atoms with Crippen LogP contribution in [-0.4, -0.2) is 36.1 Å². The number of halogens is 2. The minimum absolute atomic E-state index is 0.372. The molecule has 1 aliphatic rings. The molecule has 6 nitrogen and oxygen atoms in total. The lowest BCUT2D eigenvalue weighted by Gasteiger charge is -2.30. The van der Waals surface area contributed by atoms with Crippen LogP contribution in [0.2, 0.25) is 10.0 Å². The van der Waals surface area contributed by atoms with E-state index in [4.69, 9.17) is 37.9 Å². The molecule has 0 unspecified atom stereocenters. The standard InChI is InChI=1S/C29H31Cl2N5O/c1-36(2)28-24-8-3-4-9-27(24)34-29(35-28)33-21-12-10-20(11-13-21)32-18-19-6-5-7-22(16-19)37-23-14-15-25(30)26(31)17-23/h3-9,14-17,20-21,32H,10-13,18H2,1-2H3,(H,33,34,35)/t20-,21+. The zero-order valence-corrected chi connectivity index (χ0v) is 22.6. The summed E-state index contributed by atoms with van der Waals surface area (Å²) in [6, 6.07) is 22.4. The van der Waals surface area contributed by atoms with Gasteiger partial charge in [-0.05, 0) is 67.6 Å². The minimum Gasteiger partial charge on any atom is -0.457 e. The number of rotatable bonds is 8. The van der Waals surface area contributed by atoms with Gasteiger partial charge in [0.25, 0.3) is 0 Å². The van der Waals surface area contributed by atoms with E-state index in [0.717, 1.165) is 54.7 Å². The van der Waals surface area contributed by atoms with E-state index in [2.05, 4.69) is 28.8 Å². The number of hydrogen-bond donors (Lipinski definition) is 2. The van der Waals surface area contributed by atoms with Crippen molar-refractivity contribution in [1.29, 1.82) is 0 Å². The lowest BCUT2D eigenvalue weighted by Crippen LogP contribution is -2.37. The largest absolute Gasteiger partial charge is 0.457 e. The van der Waals surface area contributed by atoms with Gasteiger partial charge in [-0.25, -0.2) is 4.98 Å². The molecule has 192 valence electrons. The van der Waals surface area contributed by atoms with Gasteiger partial charge < -0.3 is 20.3 Å². The number of hydrogen-bond acceptors (Lipinski definition) is 6. The van der Waals surface area contributed by atoms with Gasteiger partial charge in [-0.15, -0.1) is 0 Å². The third-order valence-corrected chi connectivity index (χ3v) is 7.43. The SMILES string of the molecule is CN(C)c1nc(N[C@H]2CC[C@@H](NCc3cccc(Oc4ccc(Cl)c(Cl)c4)c3)CC2)nc2ccccc12. The highest BCUT2D eigenvalue weighted by molar-refractivity contribution is 6.42. The maximum Gasteiger partial charge on any atom is 0.225 e. The van der Waals surface area contributed by atoms with Crippen molar-refractivity contribution in [2.45, 2.75) is 44.3 Å². The van der Waals surface area contributed by atoms with E-state index in [9.17, 15) is 0 Å². The Morgan fingerprint density at radius 3 is 2.38 bits per heavy atom. The van der Waals surface area contributed by atoms with Crippen molar-refractivity contribution < 1.29 is 4.74 Å². The number of nitrogens with one attached hydrogen (secondary N) is 2. The Balaban J connectivity index is 1.13. The third kappa shape index (κ3) is 6.45. The van der Waals surface area contributed by atoms with Crippen molar-refractivity contribution >= 4 is 45.9 Å². The van der Waals surface area contributed by atoms with Gasteiger partial charge >= 0.3 is 0 Å². The number of ether oxygens (including phenoxy) is 1. The fourth-order valence-corrected chi connectivity index (χ4v) is 5.04. The van der Waals surface area contributed by atoms with Crippen molar-refractivity contribution in [3.8, 4) is 11.5 Å². The van der Waals surface area contributed by atoms with Gasteiger partial charge in [0.2, 0.25) is 5.95 Å². The fourth-order valence-electron chi connectivity index (χ4n) is 4.75. The van der Waals surface area contributed by atoms with Gasteiger partial charge in [-0.3, -0.25) is 0 Å². The monoisotopic (exact) mass is 535 g/mol. The van der Waals surface area contributed by atoms with Crippen molar-refractivity contribution in [2.75, 3.05) is 24.3 Å². The second-order valence-electron chi connectivity index (χ2n) is 9.68. The van der Waals surface area contributed by atoms with Crippen LogP contribution >= 0.6 is 23.2 Å². The molecule has 0 bridgehead atoms. The molecular weight excluding hydrogens is 505 g/mol. The van der Waals surface area contributed by atoms with Crippen molar-refractivity contribution in [3.05, 3.63) is 82.3 Å². The quantitative estimate of drug-likeness (QED) is 0.246. The number of anilines is 2. The second-order valence-corrected chi connectivity index (χ2v) is 10.5. The maximum absolute atomic E-state index is 6.11. The molecule has 1 aromatic heterocycles. The average Bonchev–Trinajstić information content (AvgIpc) is 2.90. The van der Waals surface area contributed by atoms with E-state index in [1.807, 2.05) is 55.4 Å². The smallest absolute Gasteiger partial charge is 0.225 e. The van der Waals surface area contributed by atoms with Crippen LogP contribution in [0.4, 0.5) is 11.8 Å². The summed E-state index contributed by atoms with van der Waals surface area (Å²) in [5.74, 6) is 3.09. The van der Waals surface area contributed by atoms with Gasteiger partial charge in [0, 0.05) is 44.2 Å². The van der Waals surface area contributed by atoms with Gasteiger partial charge in [0.05, 0.1) is 15.6 Å². The topological polar surface area (TPSA) is 62.3 Å². The first-order valence-electron chi connectivity index (χ1n) is 12.6. The van der Waals surface area contributed by atoms with Crippen LogP contribution in [0.15, 0.2) is 66.7 Å². The van der Waals surface area contributed by atoms with Crippen LogP contribution in [-0.2, 0) is 6.54 Å². The molecule has 0 amide bonds. The van der Waals surface area contributed by atoms with E-state index in [0.29, 0.717) is 33.8 Å². The maximum atomic E-state index is 6.11. The zero-order chi connectivity index (χ0) is 25.8. The van der Waals surface area contributed by atoms with E-state index in [1.165, 1.54) is 5.56 Å².